The highest BCUT2D eigenvalue weighted by Crippen LogP contribution is 2.29. The molecular weight excluding hydrogens is 262 g/mol. The fourth-order valence-electron chi connectivity index (χ4n) is 2.89. The summed E-state index contributed by atoms with van der Waals surface area (Å²) in [5, 5.41) is 9.10. The summed E-state index contributed by atoms with van der Waals surface area (Å²) in [5.41, 5.74) is 5.26. The van der Waals surface area contributed by atoms with Crippen LogP contribution < -0.4 is 4.90 Å². The summed E-state index contributed by atoms with van der Waals surface area (Å²) in [7, 11) is 0. The van der Waals surface area contributed by atoms with Gasteiger partial charge in [0.05, 0.1) is 5.56 Å². The quantitative estimate of drug-likeness (QED) is 0.933. The molecule has 3 nitrogen and oxygen atoms in total. The number of carbonyl (C=O) groups is 1. The molecule has 1 heterocycles. The molecule has 3 heteroatoms. The van der Waals surface area contributed by atoms with E-state index in [0.717, 1.165) is 31.5 Å². The number of carboxylic acids is 1. The normalized spacial score (nSPS) is 13.9. The average Bonchev–Trinajstić information content (AvgIpc) is 2.49. The van der Waals surface area contributed by atoms with E-state index in [4.69, 9.17) is 5.11 Å². The van der Waals surface area contributed by atoms with Crippen LogP contribution in [0.2, 0.25) is 0 Å². The van der Waals surface area contributed by atoms with Gasteiger partial charge in [0.25, 0.3) is 0 Å². The van der Waals surface area contributed by atoms with E-state index in [9.17, 15) is 4.79 Å². The number of hydrogen-bond donors (Lipinski definition) is 1. The maximum absolute atomic E-state index is 11.1. The van der Waals surface area contributed by atoms with Gasteiger partial charge in [-0.2, -0.15) is 0 Å². The van der Waals surface area contributed by atoms with Crippen LogP contribution in [-0.2, 0) is 13.0 Å². The van der Waals surface area contributed by atoms with Crippen molar-refractivity contribution in [3.05, 3.63) is 64.7 Å². The third kappa shape index (κ3) is 2.92. The van der Waals surface area contributed by atoms with Crippen molar-refractivity contribution in [2.75, 3.05) is 11.4 Å². The molecule has 0 aromatic heterocycles. The Morgan fingerprint density at radius 3 is 2.67 bits per heavy atom. The molecule has 21 heavy (non-hydrogen) atoms. The van der Waals surface area contributed by atoms with Gasteiger partial charge in [0, 0.05) is 18.8 Å². The van der Waals surface area contributed by atoms with E-state index in [-0.39, 0.29) is 0 Å². The molecule has 0 radical (unpaired) electrons. The van der Waals surface area contributed by atoms with Crippen LogP contribution in [0.4, 0.5) is 5.69 Å². The predicted octanol–water partition coefficient (Wildman–Crippen LogP) is 3.65. The Balaban J connectivity index is 1.86. The van der Waals surface area contributed by atoms with Crippen LogP contribution in [0.3, 0.4) is 0 Å². The second-order valence-corrected chi connectivity index (χ2v) is 5.66. The molecule has 2 aromatic carbocycles. The van der Waals surface area contributed by atoms with Gasteiger partial charge in [-0.1, -0.05) is 29.8 Å². The van der Waals surface area contributed by atoms with Crippen molar-refractivity contribution >= 4 is 11.7 Å². The first-order valence-electron chi connectivity index (χ1n) is 7.30. The number of hydrogen-bond acceptors (Lipinski definition) is 2. The number of nitrogens with zero attached hydrogens (tertiary/aromatic N) is 1. The lowest BCUT2D eigenvalue weighted by Gasteiger charge is -2.31. The fraction of sp³-hybridized carbons (Fsp3) is 0.278. The molecule has 0 amide bonds. The van der Waals surface area contributed by atoms with E-state index in [1.165, 1.54) is 16.8 Å². The zero-order valence-corrected chi connectivity index (χ0v) is 12.2. The Labute approximate surface area is 124 Å². The van der Waals surface area contributed by atoms with Crippen LogP contribution >= 0.6 is 0 Å². The summed E-state index contributed by atoms with van der Waals surface area (Å²) in [4.78, 5) is 13.4. The smallest absolute Gasteiger partial charge is 0.335 e. The first kappa shape index (κ1) is 13.7. The summed E-state index contributed by atoms with van der Waals surface area (Å²) in [5.74, 6) is -0.853. The van der Waals surface area contributed by atoms with Gasteiger partial charge in [0.1, 0.15) is 0 Å². The lowest BCUT2D eigenvalue weighted by Crippen LogP contribution is -2.29. The largest absolute Gasteiger partial charge is 0.478 e. The highest BCUT2D eigenvalue weighted by molar-refractivity contribution is 5.88. The molecule has 1 N–H and O–H groups in total. The lowest BCUT2D eigenvalue weighted by atomic mass is 9.98. The molecule has 0 atom stereocenters. The summed E-state index contributed by atoms with van der Waals surface area (Å²) < 4.78 is 0. The number of benzene rings is 2. The minimum Gasteiger partial charge on any atom is -0.478 e. The van der Waals surface area contributed by atoms with Crippen molar-refractivity contribution in [3.8, 4) is 0 Å². The number of aromatic carboxylic acids is 1. The first-order chi connectivity index (χ1) is 10.1. The molecule has 0 bridgehead atoms. The highest BCUT2D eigenvalue weighted by atomic mass is 16.4. The zero-order valence-electron chi connectivity index (χ0n) is 12.2. The maximum Gasteiger partial charge on any atom is 0.335 e. The van der Waals surface area contributed by atoms with Gasteiger partial charge >= 0.3 is 5.97 Å². The topological polar surface area (TPSA) is 40.5 Å². The molecule has 0 saturated carbocycles. The Kier molecular flexibility index (Phi) is 3.65. The van der Waals surface area contributed by atoms with Crippen molar-refractivity contribution in [2.45, 2.75) is 26.3 Å². The third-order valence-corrected chi connectivity index (χ3v) is 4.04. The summed E-state index contributed by atoms with van der Waals surface area (Å²) >= 11 is 0. The molecule has 1 aliphatic heterocycles. The number of fused-ring (bicyclic) bond motifs is 1. The van der Waals surface area contributed by atoms with Gasteiger partial charge in [-0.25, -0.2) is 4.79 Å². The highest BCUT2D eigenvalue weighted by Gasteiger charge is 2.18. The summed E-state index contributed by atoms with van der Waals surface area (Å²) in [6.45, 7) is 3.99. The van der Waals surface area contributed by atoms with Crippen LogP contribution in [-0.4, -0.2) is 17.6 Å². The molecule has 3 rings (SSSR count). The predicted molar refractivity (Wildman–Crippen MR) is 84.0 cm³/mol. The molecule has 108 valence electrons. The molecule has 2 aromatic rings. The van der Waals surface area contributed by atoms with Crippen LogP contribution in [0.1, 0.15) is 33.5 Å². The molecule has 0 aliphatic carbocycles. The van der Waals surface area contributed by atoms with Gasteiger partial charge in [0.2, 0.25) is 0 Å². The van der Waals surface area contributed by atoms with E-state index >= 15 is 0 Å². The van der Waals surface area contributed by atoms with Gasteiger partial charge < -0.3 is 10.0 Å². The van der Waals surface area contributed by atoms with Crippen molar-refractivity contribution in [1.29, 1.82) is 0 Å². The van der Waals surface area contributed by atoms with E-state index < -0.39 is 5.97 Å². The van der Waals surface area contributed by atoms with Crippen LogP contribution in [0.5, 0.6) is 0 Å². The standard InChI is InChI=1S/C18H19NO2/c1-13-4-6-14(7-5-13)12-19-10-2-3-15-11-16(18(20)21)8-9-17(15)19/h4-9,11H,2-3,10,12H2,1H3,(H,20,21). The minimum atomic E-state index is -0.853. The Morgan fingerprint density at radius 1 is 1.19 bits per heavy atom. The SMILES string of the molecule is Cc1ccc(CN2CCCc3cc(C(=O)O)ccc32)cc1. The van der Waals surface area contributed by atoms with E-state index in [1.807, 2.05) is 12.1 Å². The van der Waals surface area contributed by atoms with Crippen LogP contribution in [0.25, 0.3) is 0 Å². The van der Waals surface area contributed by atoms with Gasteiger partial charge in [-0.3, -0.25) is 0 Å². The third-order valence-electron chi connectivity index (χ3n) is 4.04. The Bertz CT molecular complexity index is 661. The molecular formula is C18H19NO2. The maximum atomic E-state index is 11.1. The molecule has 0 saturated heterocycles. The monoisotopic (exact) mass is 281 g/mol. The first-order valence-corrected chi connectivity index (χ1v) is 7.30. The van der Waals surface area contributed by atoms with E-state index in [2.05, 4.69) is 36.1 Å². The number of rotatable bonds is 3. The fourth-order valence-corrected chi connectivity index (χ4v) is 2.89. The molecule has 0 spiro atoms. The summed E-state index contributed by atoms with van der Waals surface area (Å²) in [6.07, 6.45) is 2.03. The minimum absolute atomic E-state index is 0.380. The van der Waals surface area contributed by atoms with Crippen molar-refractivity contribution < 1.29 is 9.90 Å². The van der Waals surface area contributed by atoms with Crippen molar-refractivity contribution in [1.82, 2.24) is 0 Å². The zero-order chi connectivity index (χ0) is 14.8. The lowest BCUT2D eigenvalue weighted by molar-refractivity contribution is 0.0697. The van der Waals surface area contributed by atoms with Gasteiger partial charge in [-0.15, -0.1) is 0 Å². The van der Waals surface area contributed by atoms with Crippen LogP contribution in [0.15, 0.2) is 42.5 Å². The van der Waals surface area contributed by atoms with Crippen molar-refractivity contribution in [2.24, 2.45) is 0 Å². The molecule has 0 fully saturated rings. The van der Waals surface area contributed by atoms with Crippen molar-refractivity contribution in [3.63, 3.8) is 0 Å². The molecule has 1 aliphatic rings. The number of anilines is 1. The number of aryl methyl sites for hydroxylation is 2. The van der Waals surface area contributed by atoms with Gasteiger partial charge in [0.15, 0.2) is 0 Å². The second kappa shape index (κ2) is 5.60. The number of carboxylic acid groups (broad SMARTS) is 1. The second-order valence-electron chi connectivity index (χ2n) is 5.66. The van der Waals surface area contributed by atoms with Crippen LogP contribution in [0, 0.1) is 6.92 Å². The van der Waals surface area contributed by atoms with E-state index in [0.29, 0.717) is 5.56 Å². The average molecular weight is 281 g/mol. The summed E-state index contributed by atoms with van der Waals surface area (Å²) in [6, 6.07) is 14.1. The van der Waals surface area contributed by atoms with E-state index in [1.54, 1.807) is 6.07 Å². The Morgan fingerprint density at radius 2 is 1.95 bits per heavy atom. The Hall–Kier alpha value is -2.29. The van der Waals surface area contributed by atoms with Gasteiger partial charge in [-0.05, 0) is 49.1 Å². The molecule has 0 unspecified atom stereocenters.